The van der Waals surface area contributed by atoms with Crippen LogP contribution in [-0.4, -0.2) is 48.2 Å². The van der Waals surface area contributed by atoms with Gasteiger partial charge in [0.25, 0.3) is 0 Å². The molecule has 1 aliphatic heterocycles. The Balaban J connectivity index is 1.46. The van der Waals surface area contributed by atoms with Crippen LogP contribution in [0, 0.1) is 11.3 Å². The summed E-state index contributed by atoms with van der Waals surface area (Å²) in [5, 5.41) is 13.4. The molecule has 0 bridgehead atoms. The van der Waals surface area contributed by atoms with E-state index in [1.54, 1.807) is 0 Å². The standard InChI is InChI=1S/C17H30N2O2/c20-13-17(8-1-2-9-17)12-18-15-5-6-16(21)19(10-7-15)11-14-3-4-14/h14-15,18,20H,1-13H2. The van der Waals surface area contributed by atoms with Gasteiger partial charge in [-0.15, -0.1) is 0 Å². The Kier molecular flexibility index (Phi) is 4.85. The molecule has 2 aliphatic carbocycles. The van der Waals surface area contributed by atoms with Gasteiger partial charge in [0.15, 0.2) is 0 Å². The predicted octanol–water partition coefficient (Wildman–Crippen LogP) is 1.92. The van der Waals surface area contributed by atoms with Gasteiger partial charge in [-0.2, -0.15) is 0 Å². The molecule has 1 amide bonds. The Hall–Kier alpha value is -0.610. The number of carbonyl (C=O) groups excluding carboxylic acids is 1. The van der Waals surface area contributed by atoms with Gasteiger partial charge in [-0.25, -0.2) is 0 Å². The van der Waals surface area contributed by atoms with Crippen LogP contribution in [0.2, 0.25) is 0 Å². The van der Waals surface area contributed by atoms with Gasteiger partial charge in [0, 0.05) is 44.1 Å². The molecule has 0 spiro atoms. The number of nitrogens with zero attached hydrogens (tertiary/aromatic N) is 1. The molecule has 1 atom stereocenters. The summed E-state index contributed by atoms with van der Waals surface area (Å²) in [6.07, 6.45) is 10.1. The maximum atomic E-state index is 12.2. The predicted molar refractivity (Wildman–Crippen MR) is 82.9 cm³/mol. The van der Waals surface area contributed by atoms with Crippen molar-refractivity contribution in [2.45, 2.75) is 63.8 Å². The first-order valence-electron chi connectivity index (χ1n) is 8.83. The maximum Gasteiger partial charge on any atom is 0.222 e. The summed E-state index contributed by atoms with van der Waals surface area (Å²) in [6, 6.07) is 0.446. The number of rotatable bonds is 6. The van der Waals surface area contributed by atoms with Crippen LogP contribution in [0.1, 0.15) is 57.8 Å². The number of nitrogens with one attached hydrogen (secondary N) is 1. The smallest absolute Gasteiger partial charge is 0.222 e. The highest BCUT2D eigenvalue weighted by Crippen LogP contribution is 2.37. The van der Waals surface area contributed by atoms with Crippen molar-refractivity contribution in [3.8, 4) is 0 Å². The fourth-order valence-corrected chi connectivity index (χ4v) is 3.92. The van der Waals surface area contributed by atoms with Gasteiger partial charge >= 0.3 is 0 Å². The minimum Gasteiger partial charge on any atom is -0.396 e. The highest BCUT2D eigenvalue weighted by atomic mass is 16.3. The Morgan fingerprint density at radius 2 is 1.95 bits per heavy atom. The molecule has 4 heteroatoms. The van der Waals surface area contributed by atoms with Gasteiger partial charge < -0.3 is 15.3 Å². The monoisotopic (exact) mass is 294 g/mol. The van der Waals surface area contributed by atoms with Gasteiger partial charge in [-0.05, 0) is 44.4 Å². The quantitative estimate of drug-likeness (QED) is 0.787. The topological polar surface area (TPSA) is 52.6 Å². The van der Waals surface area contributed by atoms with E-state index in [0.29, 0.717) is 25.0 Å². The molecule has 0 aromatic rings. The van der Waals surface area contributed by atoms with Crippen LogP contribution < -0.4 is 5.32 Å². The molecule has 2 saturated carbocycles. The summed E-state index contributed by atoms with van der Waals surface area (Å²) in [5.41, 5.74) is 0.115. The van der Waals surface area contributed by atoms with E-state index in [-0.39, 0.29) is 5.41 Å². The third kappa shape index (κ3) is 3.98. The number of hydrogen-bond acceptors (Lipinski definition) is 3. The summed E-state index contributed by atoms with van der Waals surface area (Å²) < 4.78 is 0. The van der Waals surface area contributed by atoms with E-state index in [0.717, 1.165) is 51.2 Å². The largest absolute Gasteiger partial charge is 0.396 e. The van der Waals surface area contributed by atoms with Gasteiger partial charge in [-0.3, -0.25) is 4.79 Å². The van der Waals surface area contributed by atoms with Crippen molar-refractivity contribution < 1.29 is 9.90 Å². The van der Waals surface area contributed by atoms with Crippen molar-refractivity contribution in [1.29, 1.82) is 0 Å². The van der Waals surface area contributed by atoms with Crippen molar-refractivity contribution in [2.75, 3.05) is 26.2 Å². The van der Waals surface area contributed by atoms with Crippen LogP contribution in [0.5, 0.6) is 0 Å². The Morgan fingerprint density at radius 1 is 1.19 bits per heavy atom. The highest BCUT2D eigenvalue weighted by molar-refractivity contribution is 5.76. The van der Waals surface area contributed by atoms with Crippen LogP contribution in [0.25, 0.3) is 0 Å². The molecule has 0 aromatic carbocycles. The van der Waals surface area contributed by atoms with Crippen LogP contribution in [0.3, 0.4) is 0 Å². The maximum absolute atomic E-state index is 12.2. The molecule has 3 rings (SSSR count). The summed E-state index contributed by atoms with van der Waals surface area (Å²) in [4.78, 5) is 14.3. The molecule has 120 valence electrons. The fourth-order valence-electron chi connectivity index (χ4n) is 3.92. The number of amides is 1. The van der Waals surface area contributed by atoms with Gasteiger partial charge in [0.1, 0.15) is 0 Å². The van der Waals surface area contributed by atoms with Crippen molar-refractivity contribution in [3.05, 3.63) is 0 Å². The fraction of sp³-hybridized carbons (Fsp3) is 0.941. The zero-order valence-corrected chi connectivity index (χ0v) is 13.1. The lowest BCUT2D eigenvalue weighted by atomic mass is 9.87. The summed E-state index contributed by atoms with van der Waals surface area (Å²) >= 11 is 0. The van der Waals surface area contributed by atoms with E-state index in [1.807, 2.05) is 0 Å². The first-order chi connectivity index (χ1) is 10.2. The normalized spacial score (nSPS) is 29.7. The van der Waals surface area contributed by atoms with Crippen LogP contribution in [0.15, 0.2) is 0 Å². The van der Waals surface area contributed by atoms with Crippen molar-refractivity contribution >= 4 is 5.91 Å². The van der Waals surface area contributed by atoms with Gasteiger partial charge in [0.05, 0.1) is 0 Å². The summed E-state index contributed by atoms with van der Waals surface area (Å²) in [7, 11) is 0. The molecule has 1 saturated heterocycles. The molecule has 0 aromatic heterocycles. The van der Waals surface area contributed by atoms with E-state index in [2.05, 4.69) is 10.2 Å². The van der Waals surface area contributed by atoms with E-state index in [9.17, 15) is 9.90 Å². The molecule has 21 heavy (non-hydrogen) atoms. The summed E-state index contributed by atoms with van der Waals surface area (Å²) in [6.45, 7) is 3.13. The molecular weight excluding hydrogens is 264 g/mol. The molecule has 2 N–H and O–H groups in total. The lowest BCUT2D eigenvalue weighted by Crippen LogP contribution is -2.41. The lowest BCUT2D eigenvalue weighted by molar-refractivity contribution is -0.130. The average Bonchev–Trinajstić information content (AvgIpc) is 3.23. The third-order valence-electron chi connectivity index (χ3n) is 5.75. The highest BCUT2D eigenvalue weighted by Gasteiger charge is 2.34. The number of aliphatic hydroxyl groups excluding tert-OH is 1. The molecule has 1 unspecified atom stereocenters. The molecule has 3 aliphatic rings. The molecule has 0 radical (unpaired) electrons. The van der Waals surface area contributed by atoms with Crippen molar-refractivity contribution in [1.82, 2.24) is 10.2 Å². The first-order valence-corrected chi connectivity index (χ1v) is 8.83. The van der Waals surface area contributed by atoms with Crippen LogP contribution >= 0.6 is 0 Å². The molecular formula is C17H30N2O2. The molecule has 3 fully saturated rings. The molecule has 1 heterocycles. The number of likely N-dealkylation sites (tertiary alicyclic amines) is 1. The number of hydrogen-bond donors (Lipinski definition) is 2. The lowest BCUT2D eigenvalue weighted by Gasteiger charge is -2.29. The minimum absolute atomic E-state index is 0.115. The second kappa shape index (κ2) is 6.66. The van der Waals surface area contributed by atoms with E-state index < -0.39 is 0 Å². The zero-order valence-electron chi connectivity index (χ0n) is 13.1. The second-order valence-corrected chi connectivity index (χ2v) is 7.55. The van der Waals surface area contributed by atoms with Gasteiger partial charge in [-0.1, -0.05) is 12.8 Å². The zero-order chi connectivity index (χ0) is 14.7. The van der Waals surface area contributed by atoms with Gasteiger partial charge in [0.2, 0.25) is 5.91 Å². The SMILES string of the molecule is O=C1CCC(NCC2(CO)CCCC2)CCN1CC1CC1. The van der Waals surface area contributed by atoms with Crippen LogP contribution in [0.4, 0.5) is 0 Å². The Morgan fingerprint density at radius 3 is 2.62 bits per heavy atom. The second-order valence-electron chi connectivity index (χ2n) is 7.55. The van der Waals surface area contributed by atoms with Crippen molar-refractivity contribution in [2.24, 2.45) is 11.3 Å². The number of aliphatic hydroxyl groups is 1. The third-order valence-corrected chi connectivity index (χ3v) is 5.75. The minimum atomic E-state index is 0.115. The van der Waals surface area contributed by atoms with E-state index >= 15 is 0 Å². The Labute approximate surface area is 128 Å². The average molecular weight is 294 g/mol. The van der Waals surface area contributed by atoms with Crippen molar-refractivity contribution in [3.63, 3.8) is 0 Å². The molecule has 4 nitrogen and oxygen atoms in total. The number of carbonyl (C=O) groups is 1. The van der Waals surface area contributed by atoms with Crippen LogP contribution in [-0.2, 0) is 4.79 Å². The van der Waals surface area contributed by atoms with E-state index in [4.69, 9.17) is 0 Å². The first kappa shape index (κ1) is 15.3. The van der Waals surface area contributed by atoms with E-state index in [1.165, 1.54) is 25.7 Å². The summed E-state index contributed by atoms with van der Waals surface area (Å²) in [5.74, 6) is 1.14. The Bertz CT molecular complexity index is 362.